The molecule has 21 heavy (non-hydrogen) atoms. The zero-order chi connectivity index (χ0) is 14.8. The second kappa shape index (κ2) is 5.57. The maximum Gasteiger partial charge on any atom is 0.283 e. The summed E-state index contributed by atoms with van der Waals surface area (Å²) in [6.45, 7) is 0.647. The topological polar surface area (TPSA) is 71.0 Å². The van der Waals surface area contributed by atoms with Crippen LogP contribution < -0.4 is 5.32 Å². The van der Waals surface area contributed by atoms with E-state index in [0.717, 1.165) is 16.8 Å². The van der Waals surface area contributed by atoms with Gasteiger partial charge in [0, 0.05) is 35.4 Å². The highest BCUT2D eigenvalue weighted by Gasteiger charge is 2.11. The van der Waals surface area contributed by atoms with E-state index >= 15 is 0 Å². The van der Waals surface area contributed by atoms with Gasteiger partial charge in [0.2, 0.25) is 0 Å². The van der Waals surface area contributed by atoms with Gasteiger partial charge in [-0.2, -0.15) is 0 Å². The molecule has 0 radical (unpaired) electrons. The standard InChI is InChI=1S/C15H12BrN3O2/c16-13-7-11(5-6-15(13)19(20)21)17-8-10-9-18-14-4-2-1-3-12(10)14/h1-7,9,17-18H,8H2. The summed E-state index contributed by atoms with van der Waals surface area (Å²) in [7, 11) is 0. The molecule has 0 atom stereocenters. The number of nitro groups is 1. The molecule has 0 fully saturated rings. The van der Waals surface area contributed by atoms with Crippen LogP contribution in [0.3, 0.4) is 0 Å². The first-order valence-electron chi connectivity index (χ1n) is 6.38. The van der Waals surface area contributed by atoms with Crippen molar-refractivity contribution < 1.29 is 4.92 Å². The molecule has 0 amide bonds. The highest BCUT2D eigenvalue weighted by atomic mass is 79.9. The van der Waals surface area contributed by atoms with E-state index in [1.165, 1.54) is 11.5 Å². The Morgan fingerprint density at radius 2 is 2.05 bits per heavy atom. The fourth-order valence-corrected chi connectivity index (χ4v) is 2.76. The van der Waals surface area contributed by atoms with Gasteiger partial charge in [0.05, 0.1) is 9.40 Å². The first kappa shape index (κ1) is 13.6. The van der Waals surface area contributed by atoms with Crippen LogP contribution in [0.4, 0.5) is 11.4 Å². The third-order valence-electron chi connectivity index (χ3n) is 3.30. The Balaban J connectivity index is 1.79. The summed E-state index contributed by atoms with van der Waals surface area (Å²) in [6, 6.07) is 13.0. The van der Waals surface area contributed by atoms with Gasteiger partial charge in [-0.05, 0) is 39.7 Å². The molecule has 0 aliphatic rings. The van der Waals surface area contributed by atoms with Crippen molar-refractivity contribution in [3.8, 4) is 0 Å². The number of nitro benzene ring substituents is 1. The summed E-state index contributed by atoms with van der Waals surface area (Å²) in [6.07, 6.45) is 1.97. The minimum atomic E-state index is -0.409. The number of aromatic nitrogens is 1. The average Bonchev–Trinajstić information content (AvgIpc) is 2.88. The minimum Gasteiger partial charge on any atom is -0.381 e. The quantitative estimate of drug-likeness (QED) is 0.542. The molecule has 3 aromatic rings. The highest BCUT2D eigenvalue weighted by molar-refractivity contribution is 9.10. The predicted molar refractivity (Wildman–Crippen MR) is 86.4 cm³/mol. The molecule has 0 aliphatic heterocycles. The number of anilines is 1. The lowest BCUT2D eigenvalue weighted by Crippen LogP contribution is -1.99. The van der Waals surface area contributed by atoms with Gasteiger partial charge in [0.25, 0.3) is 5.69 Å². The van der Waals surface area contributed by atoms with Crippen molar-refractivity contribution in [1.82, 2.24) is 4.98 Å². The van der Waals surface area contributed by atoms with E-state index in [1.54, 1.807) is 12.1 Å². The van der Waals surface area contributed by atoms with E-state index in [2.05, 4.69) is 32.3 Å². The molecule has 3 rings (SSSR count). The number of fused-ring (bicyclic) bond motifs is 1. The second-order valence-corrected chi connectivity index (χ2v) is 5.49. The van der Waals surface area contributed by atoms with Crippen LogP contribution in [0.2, 0.25) is 0 Å². The molecule has 106 valence electrons. The maximum atomic E-state index is 10.8. The molecule has 0 saturated carbocycles. The minimum absolute atomic E-state index is 0.0626. The van der Waals surface area contributed by atoms with Gasteiger partial charge in [-0.15, -0.1) is 0 Å². The molecule has 1 aromatic heterocycles. The SMILES string of the molecule is O=[N+]([O-])c1ccc(NCc2c[nH]c3ccccc23)cc1Br. The maximum absolute atomic E-state index is 10.8. The monoisotopic (exact) mass is 345 g/mol. The molecule has 0 saturated heterocycles. The number of halogens is 1. The first-order valence-corrected chi connectivity index (χ1v) is 7.17. The Morgan fingerprint density at radius 1 is 1.24 bits per heavy atom. The number of nitrogens with zero attached hydrogens (tertiary/aromatic N) is 1. The van der Waals surface area contributed by atoms with Crippen LogP contribution in [0.1, 0.15) is 5.56 Å². The van der Waals surface area contributed by atoms with Gasteiger partial charge in [-0.1, -0.05) is 18.2 Å². The lowest BCUT2D eigenvalue weighted by Gasteiger charge is -2.06. The van der Waals surface area contributed by atoms with Crippen LogP contribution in [0.25, 0.3) is 10.9 Å². The van der Waals surface area contributed by atoms with Gasteiger partial charge < -0.3 is 10.3 Å². The Morgan fingerprint density at radius 3 is 2.81 bits per heavy atom. The van der Waals surface area contributed by atoms with Crippen molar-refractivity contribution in [3.05, 3.63) is 68.8 Å². The molecule has 0 unspecified atom stereocenters. The van der Waals surface area contributed by atoms with Crippen molar-refractivity contribution in [3.63, 3.8) is 0 Å². The van der Waals surface area contributed by atoms with E-state index in [4.69, 9.17) is 0 Å². The second-order valence-electron chi connectivity index (χ2n) is 4.64. The van der Waals surface area contributed by atoms with E-state index in [9.17, 15) is 10.1 Å². The molecule has 1 heterocycles. The fourth-order valence-electron chi connectivity index (χ4n) is 2.24. The Kier molecular flexibility index (Phi) is 3.62. The van der Waals surface area contributed by atoms with Gasteiger partial charge in [-0.3, -0.25) is 10.1 Å². The van der Waals surface area contributed by atoms with E-state index < -0.39 is 4.92 Å². The summed E-state index contributed by atoms with van der Waals surface area (Å²) >= 11 is 3.22. The Bertz CT molecular complexity index is 814. The third-order valence-corrected chi connectivity index (χ3v) is 3.94. The van der Waals surface area contributed by atoms with Crippen LogP contribution in [-0.2, 0) is 6.54 Å². The highest BCUT2D eigenvalue weighted by Crippen LogP contribution is 2.28. The third kappa shape index (κ3) is 2.75. The molecule has 2 aromatic carbocycles. The largest absolute Gasteiger partial charge is 0.381 e. The smallest absolute Gasteiger partial charge is 0.283 e. The van der Waals surface area contributed by atoms with Crippen LogP contribution in [-0.4, -0.2) is 9.91 Å². The lowest BCUT2D eigenvalue weighted by molar-refractivity contribution is -0.385. The summed E-state index contributed by atoms with van der Waals surface area (Å²) in [5.74, 6) is 0. The number of benzene rings is 2. The van der Waals surface area contributed by atoms with Crippen LogP contribution in [0, 0.1) is 10.1 Å². The molecular weight excluding hydrogens is 334 g/mol. The van der Waals surface area contributed by atoms with Gasteiger partial charge in [0.1, 0.15) is 0 Å². The lowest BCUT2D eigenvalue weighted by atomic mass is 10.2. The van der Waals surface area contributed by atoms with Gasteiger partial charge >= 0.3 is 0 Å². The van der Waals surface area contributed by atoms with Gasteiger partial charge in [0.15, 0.2) is 0 Å². The summed E-state index contributed by atoms with van der Waals surface area (Å²) in [5, 5.41) is 15.2. The molecule has 0 aliphatic carbocycles. The predicted octanol–water partition coefficient (Wildman–Crippen LogP) is 4.45. The number of hydrogen-bond acceptors (Lipinski definition) is 3. The van der Waals surface area contributed by atoms with Crippen molar-refractivity contribution in [2.45, 2.75) is 6.54 Å². The first-order chi connectivity index (χ1) is 10.1. The number of aromatic amines is 1. The zero-order valence-corrected chi connectivity index (χ0v) is 12.6. The molecule has 0 bridgehead atoms. The van der Waals surface area contributed by atoms with Crippen molar-refractivity contribution >= 4 is 38.2 Å². The molecule has 2 N–H and O–H groups in total. The Labute approximate surface area is 129 Å². The summed E-state index contributed by atoms with van der Waals surface area (Å²) in [5.41, 5.74) is 3.14. The van der Waals surface area contributed by atoms with Crippen LogP contribution in [0.15, 0.2) is 53.1 Å². The van der Waals surface area contributed by atoms with Crippen molar-refractivity contribution in [2.24, 2.45) is 0 Å². The number of H-pyrrole nitrogens is 1. The number of hydrogen-bond donors (Lipinski definition) is 2. The molecule has 6 heteroatoms. The van der Waals surface area contributed by atoms with E-state index in [-0.39, 0.29) is 5.69 Å². The average molecular weight is 346 g/mol. The number of para-hydroxylation sites is 1. The zero-order valence-electron chi connectivity index (χ0n) is 11.0. The molecule has 5 nitrogen and oxygen atoms in total. The number of rotatable bonds is 4. The van der Waals surface area contributed by atoms with Gasteiger partial charge in [-0.25, -0.2) is 0 Å². The fraction of sp³-hybridized carbons (Fsp3) is 0.0667. The normalized spacial score (nSPS) is 10.7. The van der Waals surface area contributed by atoms with Crippen molar-refractivity contribution in [2.75, 3.05) is 5.32 Å². The summed E-state index contributed by atoms with van der Waals surface area (Å²) in [4.78, 5) is 13.6. The van der Waals surface area contributed by atoms with Crippen LogP contribution in [0.5, 0.6) is 0 Å². The molecular formula is C15H12BrN3O2. The number of nitrogens with one attached hydrogen (secondary N) is 2. The van der Waals surface area contributed by atoms with E-state index in [1.807, 2.05) is 24.4 Å². The van der Waals surface area contributed by atoms with E-state index in [0.29, 0.717) is 11.0 Å². The molecule has 0 spiro atoms. The summed E-state index contributed by atoms with van der Waals surface area (Å²) < 4.78 is 0.469. The Hall–Kier alpha value is -2.34. The van der Waals surface area contributed by atoms with Crippen molar-refractivity contribution in [1.29, 1.82) is 0 Å². The van der Waals surface area contributed by atoms with Crippen LogP contribution >= 0.6 is 15.9 Å².